The molecule has 0 saturated heterocycles. The van der Waals surface area contributed by atoms with E-state index in [0.29, 0.717) is 12.8 Å². The molecule has 0 spiro atoms. The van der Waals surface area contributed by atoms with Crippen LogP contribution in [0.25, 0.3) is 0 Å². The maximum absolute atomic E-state index is 12.7. The number of carbonyl (C=O) groups is 4. The molecule has 0 aromatic heterocycles. The number of aliphatic carboxylic acids is 1. The summed E-state index contributed by atoms with van der Waals surface area (Å²) in [6.45, 7) is 8.04. The molecule has 0 bridgehead atoms. The number of nitrogens with one attached hydrogen (secondary N) is 3. The van der Waals surface area contributed by atoms with Gasteiger partial charge in [-0.1, -0.05) is 40.5 Å². The van der Waals surface area contributed by atoms with Crippen molar-refractivity contribution in [2.75, 3.05) is 6.54 Å². The van der Waals surface area contributed by atoms with Crippen molar-refractivity contribution in [2.45, 2.75) is 71.7 Å². The topological polar surface area (TPSA) is 171 Å². The van der Waals surface area contributed by atoms with E-state index >= 15 is 0 Å². The Hall–Kier alpha value is -2.20. The van der Waals surface area contributed by atoms with Gasteiger partial charge < -0.3 is 31.9 Å². The molecule has 6 atom stereocenters. The standard InChI is InChI=1S/C18H34N4O6/c1-6-9(3)13(16(25)22-14(18(27)28)10(4)7-2)21-17(26)15(11(5)23)20-12(24)8-19/h9-11,13-15,23H,6-8,19H2,1-5H3,(H,20,24)(H,21,26)(H,22,25)(H,27,28). The average molecular weight is 402 g/mol. The first-order valence-corrected chi connectivity index (χ1v) is 9.50. The highest BCUT2D eigenvalue weighted by Crippen LogP contribution is 2.12. The highest BCUT2D eigenvalue weighted by molar-refractivity contribution is 5.94. The molecule has 0 aliphatic rings. The molecule has 0 aliphatic carbocycles. The quantitative estimate of drug-likeness (QED) is 0.242. The highest BCUT2D eigenvalue weighted by atomic mass is 16.4. The Labute approximate surface area is 165 Å². The molecule has 0 aliphatic heterocycles. The predicted molar refractivity (Wildman–Crippen MR) is 103 cm³/mol. The lowest BCUT2D eigenvalue weighted by atomic mass is 9.95. The van der Waals surface area contributed by atoms with Gasteiger partial charge in [-0.15, -0.1) is 0 Å². The smallest absolute Gasteiger partial charge is 0.326 e. The summed E-state index contributed by atoms with van der Waals surface area (Å²) in [4.78, 5) is 48.3. The third-order valence-electron chi connectivity index (χ3n) is 4.84. The van der Waals surface area contributed by atoms with Crippen molar-refractivity contribution in [1.82, 2.24) is 16.0 Å². The summed E-state index contributed by atoms with van der Waals surface area (Å²) >= 11 is 0. The van der Waals surface area contributed by atoms with Crippen molar-refractivity contribution in [3.63, 3.8) is 0 Å². The van der Waals surface area contributed by atoms with Crippen LogP contribution in [0.2, 0.25) is 0 Å². The SMILES string of the molecule is CCC(C)C(NC(=O)C(NC(=O)C(NC(=O)CN)C(C)O)C(C)CC)C(=O)O. The van der Waals surface area contributed by atoms with Gasteiger partial charge in [0, 0.05) is 0 Å². The van der Waals surface area contributed by atoms with Crippen LogP contribution in [-0.2, 0) is 19.2 Å². The summed E-state index contributed by atoms with van der Waals surface area (Å²) in [5.74, 6) is -3.79. The molecule has 28 heavy (non-hydrogen) atoms. The number of hydrogen-bond acceptors (Lipinski definition) is 6. The summed E-state index contributed by atoms with van der Waals surface area (Å²) in [6, 6.07) is -3.41. The van der Waals surface area contributed by atoms with Crippen molar-refractivity contribution in [3.8, 4) is 0 Å². The molecule has 10 heteroatoms. The van der Waals surface area contributed by atoms with Crippen molar-refractivity contribution in [3.05, 3.63) is 0 Å². The molecule has 0 aromatic rings. The lowest BCUT2D eigenvalue weighted by molar-refractivity contribution is -0.144. The number of hydrogen-bond donors (Lipinski definition) is 6. The fourth-order valence-electron chi connectivity index (χ4n) is 2.51. The highest BCUT2D eigenvalue weighted by Gasteiger charge is 2.34. The molecule has 3 amide bonds. The van der Waals surface area contributed by atoms with E-state index in [4.69, 9.17) is 5.73 Å². The van der Waals surface area contributed by atoms with Crippen LogP contribution >= 0.6 is 0 Å². The predicted octanol–water partition coefficient (Wildman–Crippen LogP) is -1.04. The summed E-state index contributed by atoms with van der Waals surface area (Å²) in [5.41, 5.74) is 5.22. The Bertz CT molecular complexity index is 554. The molecule has 7 N–H and O–H groups in total. The lowest BCUT2D eigenvalue weighted by Gasteiger charge is -2.29. The summed E-state index contributed by atoms with van der Waals surface area (Å²) < 4.78 is 0. The monoisotopic (exact) mass is 402 g/mol. The van der Waals surface area contributed by atoms with Crippen molar-refractivity contribution in [2.24, 2.45) is 17.6 Å². The minimum absolute atomic E-state index is 0.302. The van der Waals surface area contributed by atoms with Gasteiger partial charge in [-0.05, 0) is 18.8 Å². The van der Waals surface area contributed by atoms with E-state index < -0.39 is 47.9 Å². The van der Waals surface area contributed by atoms with Gasteiger partial charge in [0.05, 0.1) is 12.6 Å². The first kappa shape index (κ1) is 25.8. The zero-order chi connectivity index (χ0) is 22.0. The maximum atomic E-state index is 12.7. The molecule has 0 radical (unpaired) electrons. The van der Waals surface area contributed by atoms with Crippen molar-refractivity contribution >= 4 is 23.7 Å². The molecule has 0 saturated carbocycles. The van der Waals surface area contributed by atoms with Gasteiger partial charge in [0.2, 0.25) is 17.7 Å². The van der Waals surface area contributed by atoms with Crippen molar-refractivity contribution < 1.29 is 29.4 Å². The van der Waals surface area contributed by atoms with E-state index in [9.17, 15) is 29.4 Å². The third-order valence-corrected chi connectivity index (χ3v) is 4.84. The van der Waals surface area contributed by atoms with E-state index in [-0.39, 0.29) is 18.4 Å². The number of carboxylic acids is 1. The Morgan fingerprint density at radius 2 is 1.25 bits per heavy atom. The molecule has 0 rings (SSSR count). The number of rotatable bonds is 12. The minimum Gasteiger partial charge on any atom is -0.480 e. The second-order valence-corrected chi connectivity index (χ2v) is 7.07. The lowest BCUT2D eigenvalue weighted by Crippen LogP contribution is -2.60. The van der Waals surface area contributed by atoms with Gasteiger partial charge in [0.25, 0.3) is 0 Å². The van der Waals surface area contributed by atoms with Gasteiger partial charge in [-0.25, -0.2) is 4.79 Å². The van der Waals surface area contributed by atoms with Gasteiger partial charge in [0.15, 0.2) is 0 Å². The first-order valence-electron chi connectivity index (χ1n) is 9.50. The number of carboxylic acid groups (broad SMARTS) is 1. The van der Waals surface area contributed by atoms with Crippen LogP contribution in [0.5, 0.6) is 0 Å². The Morgan fingerprint density at radius 1 is 0.821 bits per heavy atom. The second-order valence-electron chi connectivity index (χ2n) is 7.07. The Morgan fingerprint density at radius 3 is 1.64 bits per heavy atom. The number of carbonyl (C=O) groups excluding carboxylic acids is 3. The summed E-state index contributed by atoms with van der Waals surface area (Å²) in [5, 5.41) is 26.5. The average Bonchev–Trinajstić information content (AvgIpc) is 2.65. The molecule has 6 unspecified atom stereocenters. The van der Waals surface area contributed by atoms with Crippen LogP contribution in [0.1, 0.15) is 47.5 Å². The van der Waals surface area contributed by atoms with Gasteiger partial charge in [0.1, 0.15) is 18.1 Å². The van der Waals surface area contributed by atoms with Crippen LogP contribution in [0.3, 0.4) is 0 Å². The van der Waals surface area contributed by atoms with Crippen LogP contribution < -0.4 is 21.7 Å². The normalized spacial score (nSPS) is 17.4. The number of amides is 3. The van der Waals surface area contributed by atoms with E-state index in [1.807, 2.05) is 13.8 Å². The molecular formula is C18H34N4O6. The van der Waals surface area contributed by atoms with E-state index in [1.165, 1.54) is 6.92 Å². The Kier molecular flexibility index (Phi) is 11.3. The molecule has 0 aromatic carbocycles. The van der Waals surface area contributed by atoms with Gasteiger partial charge in [-0.2, -0.15) is 0 Å². The number of nitrogens with two attached hydrogens (primary N) is 1. The molecule has 162 valence electrons. The fourth-order valence-corrected chi connectivity index (χ4v) is 2.51. The molecule has 0 heterocycles. The summed E-state index contributed by atoms with van der Waals surface area (Å²) in [6.07, 6.45) is -0.135. The van der Waals surface area contributed by atoms with Crippen molar-refractivity contribution in [1.29, 1.82) is 0 Å². The molecule has 0 fully saturated rings. The third kappa shape index (κ3) is 7.81. The zero-order valence-corrected chi connectivity index (χ0v) is 17.2. The zero-order valence-electron chi connectivity index (χ0n) is 17.2. The van der Waals surface area contributed by atoms with Gasteiger partial charge in [-0.3, -0.25) is 14.4 Å². The van der Waals surface area contributed by atoms with Gasteiger partial charge >= 0.3 is 5.97 Å². The fraction of sp³-hybridized carbons (Fsp3) is 0.778. The van der Waals surface area contributed by atoms with Crippen LogP contribution in [-0.4, -0.2) is 64.7 Å². The first-order chi connectivity index (χ1) is 13.0. The van der Waals surface area contributed by atoms with E-state index in [2.05, 4.69) is 16.0 Å². The summed E-state index contributed by atoms with van der Waals surface area (Å²) in [7, 11) is 0. The van der Waals surface area contributed by atoms with Crippen LogP contribution in [0.15, 0.2) is 0 Å². The van der Waals surface area contributed by atoms with Crippen LogP contribution in [0, 0.1) is 11.8 Å². The van der Waals surface area contributed by atoms with E-state index in [0.717, 1.165) is 0 Å². The molecule has 10 nitrogen and oxygen atoms in total. The number of aliphatic hydroxyl groups is 1. The minimum atomic E-state index is -1.29. The van der Waals surface area contributed by atoms with Crippen LogP contribution in [0.4, 0.5) is 0 Å². The largest absolute Gasteiger partial charge is 0.480 e. The second kappa shape index (κ2) is 12.3. The van der Waals surface area contributed by atoms with E-state index in [1.54, 1.807) is 13.8 Å². The maximum Gasteiger partial charge on any atom is 0.326 e. The number of aliphatic hydroxyl groups excluding tert-OH is 1. The molecular weight excluding hydrogens is 368 g/mol. The Balaban J connectivity index is 5.45.